The Morgan fingerprint density at radius 3 is 2.75 bits per heavy atom. The van der Waals surface area contributed by atoms with Gasteiger partial charge >= 0.3 is 6.03 Å². The van der Waals surface area contributed by atoms with Crippen molar-refractivity contribution in [3.8, 4) is 6.07 Å². The van der Waals surface area contributed by atoms with Gasteiger partial charge in [-0.15, -0.1) is 0 Å². The lowest BCUT2D eigenvalue weighted by atomic mass is 9.92. The van der Waals surface area contributed by atoms with Crippen LogP contribution >= 0.6 is 0 Å². The zero-order chi connectivity index (χ0) is 19.7. The van der Waals surface area contributed by atoms with Gasteiger partial charge in [-0.05, 0) is 37.3 Å². The normalized spacial score (nSPS) is 23.6. The van der Waals surface area contributed by atoms with Gasteiger partial charge in [0.05, 0.1) is 6.07 Å². The number of nitriles is 1. The van der Waals surface area contributed by atoms with Crippen molar-refractivity contribution >= 4 is 22.8 Å². The molecule has 2 fully saturated rings. The second-order valence-corrected chi connectivity index (χ2v) is 8.13. The second kappa shape index (κ2) is 7.70. The first kappa shape index (κ1) is 18.6. The molecule has 7 nitrogen and oxygen atoms in total. The zero-order valence-corrected chi connectivity index (χ0v) is 16.6. The number of rotatable bonds is 2. The smallest absolute Gasteiger partial charge is 0.320 e. The molecule has 2 saturated heterocycles. The van der Waals surface area contributed by atoms with Gasteiger partial charge in [-0.1, -0.05) is 6.92 Å². The van der Waals surface area contributed by atoms with Gasteiger partial charge in [-0.3, -0.25) is 0 Å². The van der Waals surface area contributed by atoms with Crippen LogP contribution in [0.15, 0.2) is 24.5 Å². The van der Waals surface area contributed by atoms with E-state index in [-0.39, 0.29) is 18.0 Å². The van der Waals surface area contributed by atoms with Crippen LogP contribution in [0.5, 0.6) is 0 Å². The molecule has 148 valence electrons. The number of amides is 2. The summed E-state index contributed by atoms with van der Waals surface area (Å²) in [5.41, 5.74) is 2.04. The number of hydrogen-bond acceptors (Lipinski definition) is 4. The summed E-state index contributed by atoms with van der Waals surface area (Å²) < 4.78 is 0. The summed E-state index contributed by atoms with van der Waals surface area (Å²) in [6.07, 6.45) is 6.33. The predicted molar refractivity (Wildman–Crippen MR) is 109 cm³/mol. The highest BCUT2D eigenvalue weighted by atomic mass is 16.2. The fourth-order valence-corrected chi connectivity index (χ4v) is 4.56. The average molecular weight is 380 g/mol. The molecule has 0 aliphatic carbocycles. The molecule has 4 rings (SSSR count). The topological polar surface area (TPSA) is 79.3 Å². The van der Waals surface area contributed by atoms with Crippen LogP contribution in [0.25, 0.3) is 11.0 Å². The van der Waals surface area contributed by atoms with Crippen LogP contribution in [0.2, 0.25) is 0 Å². The molecule has 2 aromatic rings. The lowest BCUT2D eigenvalue weighted by molar-refractivity contribution is 0.115. The van der Waals surface area contributed by atoms with E-state index in [0.29, 0.717) is 19.0 Å². The molecule has 4 heterocycles. The summed E-state index contributed by atoms with van der Waals surface area (Å²) in [7, 11) is 2.12. The second-order valence-electron chi connectivity index (χ2n) is 8.13. The number of pyridine rings is 1. The lowest BCUT2D eigenvalue weighted by Crippen LogP contribution is -2.56. The summed E-state index contributed by atoms with van der Waals surface area (Å²) in [5, 5.41) is 10.2. The molecule has 28 heavy (non-hydrogen) atoms. The summed E-state index contributed by atoms with van der Waals surface area (Å²) >= 11 is 0. The number of H-pyrrole nitrogens is 1. The molecular weight excluding hydrogens is 352 g/mol. The van der Waals surface area contributed by atoms with Crippen LogP contribution in [0.1, 0.15) is 26.2 Å². The number of fused-ring (bicyclic) bond motifs is 1. The first-order chi connectivity index (χ1) is 13.6. The maximum atomic E-state index is 13.1. The zero-order valence-electron chi connectivity index (χ0n) is 16.6. The Hall–Kier alpha value is -2.75. The largest absolute Gasteiger partial charge is 0.369 e. The molecular formula is C21H28N6O. The van der Waals surface area contributed by atoms with E-state index < -0.39 is 0 Å². The van der Waals surface area contributed by atoms with Gasteiger partial charge in [-0.25, -0.2) is 9.78 Å². The molecule has 0 aromatic carbocycles. The van der Waals surface area contributed by atoms with Crippen LogP contribution < -0.4 is 4.90 Å². The maximum Gasteiger partial charge on any atom is 0.320 e. The molecule has 2 amide bonds. The number of carbonyl (C=O) groups is 1. The van der Waals surface area contributed by atoms with E-state index in [1.54, 1.807) is 0 Å². The molecule has 0 saturated carbocycles. The van der Waals surface area contributed by atoms with E-state index in [4.69, 9.17) is 5.26 Å². The quantitative estimate of drug-likeness (QED) is 0.868. The van der Waals surface area contributed by atoms with Gasteiger partial charge in [-0.2, -0.15) is 5.26 Å². The number of likely N-dealkylation sites (tertiary alicyclic amines) is 2. The molecule has 2 aromatic heterocycles. The third-order valence-corrected chi connectivity index (χ3v) is 6.45. The number of likely N-dealkylation sites (N-methyl/N-ethyl adjacent to an activating group) is 1. The Labute approximate surface area is 165 Å². The molecule has 0 bridgehead atoms. The highest BCUT2D eigenvalue weighted by molar-refractivity contribution is 5.89. The number of piperidine rings is 2. The van der Waals surface area contributed by atoms with Gasteiger partial charge < -0.3 is 19.7 Å². The fourth-order valence-electron chi connectivity index (χ4n) is 4.56. The van der Waals surface area contributed by atoms with Crippen LogP contribution in [0, 0.1) is 23.2 Å². The molecule has 2 aliphatic heterocycles. The molecule has 0 spiro atoms. The van der Waals surface area contributed by atoms with Crippen molar-refractivity contribution in [3.05, 3.63) is 24.5 Å². The minimum Gasteiger partial charge on any atom is -0.369 e. The lowest BCUT2D eigenvalue weighted by Gasteiger charge is -2.44. The average Bonchev–Trinajstić information content (AvgIpc) is 3.22. The van der Waals surface area contributed by atoms with E-state index in [1.165, 1.54) is 0 Å². The molecule has 2 atom stereocenters. The van der Waals surface area contributed by atoms with E-state index in [2.05, 4.69) is 47.0 Å². The summed E-state index contributed by atoms with van der Waals surface area (Å²) in [6, 6.07) is 6.83. The number of nitrogens with zero attached hydrogens (tertiary/aromatic N) is 5. The van der Waals surface area contributed by atoms with Crippen molar-refractivity contribution in [2.75, 3.05) is 38.1 Å². The van der Waals surface area contributed by atoms with Crippen molar-refractivity contribution < 1.29 is 4.79 Å². The molecule has 2 aliphatic rings. The number of aromatic nitrogens is 2. The van der Waals surface area contributed by atoms with E-state index >= 15 is 0 Å². The Balaban J connectivity index is 1.48. The van der Waals surface area contributed by atoms with Crippen LogP contribution in [0.4, 0.5) is 10.5 Å². The van der Waals surface area contributed by atoms with Crippen molar-refractivity contribution in [2.24, 2.45) is 11.8 Å². The molecule has 7 heteroatoms. The third kappa shape index (κ3) is 3.39. The van der Waals surface area contributed by atoms with Crippen LogP contribution in [-0.2, 0) is 0 Å². The number of urea groups is 1. The van der Waals surface area contributed by atoms with E-state index in [1.807, 2.05) is 22.2 Å². The van der Waals surface area contributed by atoms with Crippen LogP contribution in [0.3, 0.4) is 0 Å². The Kier molecular flexibility index (Phi) is 5.12. The summed E-state index contributed by atoms with van der Waals surface area (Å²) in [5.74, 6) is 0.597. The highest BCUT2D eigenvalue weighted by Gasteiger charge is 2.34. The number of nitrogens with one attached hydrogen (secondary N) is 1. The van der Waals surface area contributed by atoms with E-state index in [9.17, 15) is 4.79 Å². The minimum absolute atomic E-state index is 0.0970. The van der Waals surface area contributed by atoms with Gasteiger partial charge in [0.2, 0.25) is 0 Å². The predicted octanol–water partition coefficient (Wildman–Crippen LogP) is 3.07. The number of aromatic amines is 1. The van der Waals surface area contributed by atoms with Crippen molar-refractivity contribution in [1.29, 1.82) is 5.26 Å². The number of anilines is 1. The van der Waals surface area contributed by atoms with E-state index in [0.717, 1.165) is 49.1 Å². The van der Waals surface area contributed by atoms with Gasteiger partial charge in [0.1, 0.15) is 5.65 Å². The Morgan fingerprint density at radius 2 is 2.00 bits per heavy atom. The highest BCUT2D eigenvalue weighted by Crippen LogP contribution is 2.30. The molecule has 0 radical (unpaired) electrons. The van der Waals surface area contributed by atoms with Gasteiger partial charge in [0.25, 0.3) is 0 Å². The summed E-state index contributed by atoms with van der Waals surface area (Å²) in [4.78, 5) is 26.9. The number of carbonyl (C=O) groups excluding carboxylic acids is 1. The first-order valence-corrected chi connectivity index (χ1v) is 10.2. The monoisotopic (exact) mass is 380 g/mol. The van der Waals surface area contributed by atoms with Crippen molar-refractivity contribution in [1.82, 2.24) is 19.8 Å². The molecule has 1 N–H and O–H groups in total. The minimum atomic E-state index is 0.0970. The van der Waals surface area contributed by atoms with Crippen molar-refractivity contribution in [2.45, 2.75) is 32.2 Å². The number of hydrogen-bond donors (Lipinski definition) is 1. The van der Waals surface area contributed by atoms with Crippen molar-refractivity contribution in [3.63, 3.8) is 0 Å². The molecule has 0 unspecified atom stereocenters. The first-order valence-electron chi connectivity index (χ1n) is 10.2. The Morgan fingerprint density at radius 1 is 1.25 bits per heavy atom. The van der Waals surface area contributed by atoms with Gasteiger partial charge in [0, 0.05) is 68.7 Å². The SMILES string of the molecule is C[C@@H]1CCN(C(=O)N2CCC(C#N)CC2)C[C@@H]1N(C)c1ccnc2[nH]ccc12. The maximum absolute atomic E-state index is 13.1. The standard InChI is InChI=1S/C21H28N6O/c1-15-5-10-27(21(28)26-11-6-16(13-22)7-12-26)14-19(15)25(2)18-4-9-24-20-17(18)3-8-23-20/h3-4,8-9,15-16,19H,5-7,10-12,14H2,1-2H3,(H,23,24)/t15-,19+/m1/s1. The summed E-state index contributed by atoms with van der Waals surface area (Å²) in [6.45, 7) is 5.19. The third-order valence-electron chi connectivity index (χ3n) is 6.45. The van der Waals surface area contributed by atoms with Crippen LogP contribution in [-0.4, -0.2) is 65.1 Å². The van der Waals surface area contributed by atoms with Gasteiger partial charge in [0.15, 0.2) is 0 Å². The fraction of sp³-hybridized carbons (Fsp3) is 0.571. The Bertz CT molecular complexity index is 878.